The van der Waals surface area contributed by atoms with E-state index in [9.17, 15) is 22.8 Å². The van der Waals surface area contributed by atoms with E-state index in [0.717, 1.165) is 0 Å². The van der Waals surface area contributed by atoms with Crippen molar-refractivity contribution in [3.8, 4) is 0 Å². The van der Waals surface area contributed by atoms with Gasteiger partial charge < -0.3 is 10.2 Å². The van der Waals surface area contributed by atoms with Crippen molar-refractivity contribution >= 4 is 38.9 Å². The number of carbonyl (C=O) groups is 3. The Morgan fingerprint density at radius 1 is 1.10 bits per heavy atom. The second-order valence-corrected chi connectivity index (χ2v) is 10.0. The van der Waals surface area contributed by atoms with Gasteiger partial charge in [-0.2, -0.15) is 0 Å². The third kappa shape index (κ3) is 3.38. The highest BCUT2D eigenvalue weighted by Gasteiger charge is 2.53. The zero-order chi connectivity index (χ0) is 22.4. The molecule has 0 bridgehead atoms. The van der Waals surface area contributed by atoms with Crippen molar-refractivity contribution in [3.05, 3.63) is 54.1 Å². The van der Waals surface area contributed by atoms with Gasteiger partial charge >= 0.3 is 0 Å². The van der Waals surface area contributed by atoms with Gasteiger partial charge in [-0.1, -0.05) is 31.2 Å². The van der Waals surface area contributed by atoms with E-state index in [1.54, 1.807) is 48.2 Å². The zero-order valence-corrected chi connectivity index (χ0v) is 18.1. The third-order valence-corrected chi connectivity index (χ3v) is 7.71. The Kier molecular flexibility index (Phi) is 5.09. The fourth-order valence-corrected chi connectivity index (χ4v) is 5.32. The van der Waals surface area contributed by atoms with Crippen LogP contribution >= 0.6 is 0 Å². The van der Waals surface area contributed by atoms with Crippen LogP contribution in [-0.4, -0.2) is 49.0 Å². The number of sulfone groups is 1. The number of rotatable bonds is 5. The lowest BCUT2D eigenvalue weighted by molar-refractivity contribution is -0.120. The SMILES string of the molecule is CCS(=O)(=O)c1ccccc1NC(=O)CN1C(=O)c2ccccc2N2C(=O)CCC12C. The Balaban J connectivity index is 1.65. The van der Waals surface area contributed by atoms with Crippen molar-refractivity contribution in [2.75, 3.05) is 22.5 Å². The van der Waals surface area contributed by atoms with E-state index >= 15 is 0 Å². The van der Waals surface area contributed by atoms with Crippen LogP contribution in [-0.2, 0) is 19.4 Å². The smallest absolute Gasteiger partial charge is 0.258 e. The molecular weight excluding hydrogens is 418 g/mol. The molecule has 1 atom stereocenters. The van der Waals surface area contributed by atoms with Gasteiger partial charge in [-0.15, -0.1) is 0 Å². The lowest BCUT2D eigenvalue weighted by Gasteiger charge is -2.48. The average Bonchev–Trinajstić information content (AvgIpc) is 3.07. The first-order chi connectivity index (χ1) is 14.7. The van der Waals surface area contributed by atoms with E-state index in [2.05, 4.69) is 5.32 Å². The fraction of sp³-hybridized carbons (Fsp3) is 0.318. The summed E-state index contributed by atoms with van der Waals surface area (Å²) in [5.41, 5.74) is 0.115. The molecule has 1 fully saturated rings. The number of amides is 3. The molecule has 2 aliphatic rings. The van der Waals surface area contributed by atoms with Crippen LogP contribution in [0.4, 0.5) is 11.4 Å². The molecule has 2 aliphatic heterocycles. The Morgan fingerprint density at radius 3 is 2.52 bits per heavy atom. The third-order valence-electron chi connectivity index (χ3n) is 5.92. The van der Waals surface area contributed by atoms with Crippen molar-refractivity contribution in [1.29, 1.82) is 0 Å². The summed E-state index contributed by atoms with van der Waals surface area (Å²) >= 11 is 0. The van der Waals surface area contributed by atoms with E-state index in [1.807, 2.05) is 0 Å². The number of para-hydroxylation sites is 2. The summed E-state index contributed by atoms with van der Waals surface area (Å²) in [7, 11) is -3.54. The molecule has 0 spiro atoms. The Morgan fingerprint density at radius 2 is 1.77 bits per heavy atom. The van der Waals surface area contributed by atoms with Crippen molar-refractivity contribution in [1.82, 2.24) is 4.90 Å². The number of hydrogen-bond acceptors (Lipinski definition) is 5. The molecule has 1 saturated heterocycles. The Labute approximate surface area is 180 Å². The van der Waals surface area contributed by atoms with Crippen LogP contribution in [0.5, 0.6) is 0 Å². The lowest BCUT2D eigenvalue weighted by Crippen LogP contribution is -2.63. The van der Waals surface area contributed by atoms with Crippen molar-refractivity contribution < 1.29 is 22.8 Å². The van der Waals surface area contributed by atoms with E-state index in [4.69, 9.17) is 0 Å². The molecule has 4 rings (SSSR count). The highest BCUT2D eigenvalue weighted by atomic mass is 32.2. The number of fused-ring (bicyclic) bond motifs is 3. The molecule has 2 aromatic rings. The summed E-state index contributed by atoms with van der Waals surface area (Å²) in [5.74, 6) is -1.08. The first kappa shape index (κ1) is 21.0. The highest BCUT2D eigenvalue weighted by Crippen LogP contribution is 2.43. The summed E-state index contributed by atoms with van der Waals surface area (Å²) in [4.78, 5) is 41.8. The normalized spacial score (nSPS) is 20.5. The van der Waals surface area contributed by atoms with E-state index in [1.165, 1.54) is 24.0 Å². The van der Waals surface area contributed by atoms with Gasteiger partial charge in [0.25, 0.3) is 5.91 Å². The highest BCUT2D eigenvalue weighted by molar-refractivity contribution is 7.91. The van der Waals surface area contributed by atoms with Crippen LogP contribution in [0.2, 0.25) is 0 Å². The molecule has 0 aliphatic carbocycles. The molecule has 8 nitrogen and oxygen atoms in total. The maximum atomic E-state index is 13.2. The predicted octanol–water partition coefficient (Wildman–Crippen LogP) is 2.42. The fourth-order valence-electron chi connectivity index (χ4n) is 4.27. The molecule has 1 N–H and O–H groups in total. The molecule has 3 amide bonds. The standard InChI is InChI=1S/C22H23N3O5S/c1-3-31(29,30)18-11-7-5-9-16(18)23-19(26)14-24-21(28)15-8-4-6-10-17(15)25-20(27)12-13-22(24,25)2/h4-11H,3,12-14H2,1-2H3,(H,23,26). The van der Waals surface area contributed by atoms with E-state index in [0.29, 0.717) is 17.7 Å². The molecule has 31 heavy (non-hydrogen) atoms. The number of hydrogen-bond donors (Lipinski definition) is 1. The van der Waals surface area contributed by atoms with Crippen molar-refractivity contribution in [2.24, 2.45) is 0 Å². The van der Waals surface area contributed by atoms with Gasteiger partial charge in [0, 0.05) is 6.42 Å². The summed E-state index contributed by atoms with van der Waals surface area (Å²) in [5, 5.41) is 2.64. The van der Waals surface area contributed by atoms with Crippen molar-refractivity contribution in [3.63, 3.8) is 0 Å². The second kappa shape index (κ2) is 7.49. The quantitative estimate of drug-likeness (QED) is 0.767. The zero-order valence-electron chi connectivity index (χ0n) is 17.3. The number of benzene rings is 2. The molecule has 0 radical (unpaired) electrons. The summed E-state index contributed by atoms with van der Waals surface area (Å²) < 4.78 is 24.7. The minimum atomic E-state index is -3.54. The van der Waals surface area contributed by atoms with Crippen LogP contribution in [0.1, 0.15) is 37.0 Å². The van der Waals surface area contributed by atoms with Crippen LogP contribution < -0.4 is 10.2 Å². The summed E-state index contributed by atoms with van der Waals surface area (Å²) in [6, 6.07) is 13.0. The van der Waals surface area contributed by atoms with Crippen LogP contribution in [0.25, 0.3) is 0 Å². The van der Waals surface area contributed by atoms with Gasteiger partial charge in [0.2, 0.25) is 11.8 Å². The molecule has 2 heterocycles. The van der Waals surface area contributed by atoms with Gasteiger partial charge in [0.1, 0.15) is 12.2 Å². The average molecular weight is 442 g/mol. The van der Waals surface area contributed by atoms with Gasteiger partial charge in [0.15, 0.2) is 9.84 Å². The topological polar surface area (TPSA) is 104 Å². The number of carbonyl (C=O) groups excluding carboxylic acids is 3. The minimum Gasteiger partial charge on any atom is -0.323 e. The number of anilines is 2. The molecule has 2 aromatic carbocycles. The molecule has 162 valence electrons. The van der Waals surface area contributed by atoms with Crippen molar-refractivity contribution in [2.45, 2.75) is 37.2 Å². The molecule has 0 aromatic heterocycles. The maximum Gasteiger partial charge on any atom is 0.258 e. The summed E-state index contributed by atoms with van der Waals surface area (Å²) in [6.45, 7) is 2.99. The first-order valence-corrected chi connectivity index (χ1v) is 11.7. The van der Waals surface area contributed by atoms with Crippen LogP contribution in [0.15, 0.2) is 53.4 Å². The Hall–Kier alpha value is -3.20. The predicted molar refractivity (Wildman–Crippen MR) is 115 cm³/mol. The largest absolute Gasteiger partial charge is 0.323 e. The van der Waals surface area contributed by atoms with Crippen LogP contribution in [0.3, 0.4) is 0 Å². The van der Waals surface area contributed by atoms with Gasteiger partial charge in [0.05, 0.1) is 27.6 Å². The van der Waals surface area contributed by atoms with Gasteiger partial charge in [-0.05, 0) is 37.6 Å². The first-order valence-electron chi connectivity index (χ1n) is 10.0. The Bertz CT molecular complexity index is 1190. The van der Waals surface area contributed by atoms with E-state index in [-0.39, 0.29) is 41.1 Å². The van der Waals surface area contributed by atoms with Gasteiger partial charge in [-0.3, -0.25) is 19.3 Å². The molecule has 1 unspecified atom stereocenters. The lowest BCUT2D eigenvalue weighted by atomic mass is 9.98. The minimum absolute atomic E-state index is 0.0325. The van der Waals surface area contributed by atoms with Gasteiger partial charge in [-0.25, -0.2) is 8.42 Å². The summed E-state index contributed by atoms with van der Waals surface area (Å²) in [6.07, 6.45) is 0.674. The monoisotopic (exact) mass is 441 g/mol. The maximum absolute atomic E-state index is 13.2. The van der Waals surface area contributed by atoms with E-state index < -0.39 is 21.4 Å². The molecule has 9 heteroatoms. The van der Waals surface area contributed by atoms with Crippen LogP contribution in [0, 0.1) is 0 Å². The number of nitrogens with zero attached hydrogens (tertiary/aromatic N) is 2. The number of nitrogens with one attached hydrogen (secondary N) is 1. The molecular formula is C22H23N3O5S. The second-order valence-electron chi connectivity index (χ2n) is 7.80. The molecule has 0 saturated carbocycles.